The van der Waals surface area contributed by atoms with Gasteiger partial charge in [0.1, 0.15) is 5.75 Å². The quantitative estimate of drug-likeness (QED) is 0.887. The molecule has 0 aliphatic carbocycles. The summed E-state index contributed by atoms with van der Waals surface area (Å²) in [5, 5.41) is 0. The standard InChI is InChI=1S/C16H19NO3S/c1-3-12-20-16-7-5-4-6-15(16)17-21(18,19)14-10-8-13(2)9-11-14/h4-11,17H,3,12H2,1-2H3. The average Bonchev–Trinajstić information content (AvgIpc) is 2.46. The minimum atomic E-state index is -3.61. The van der Waals surface area contributed by atoms with E-state index < -0.39 is 10.0 Å². The molecule has 0 saturated heterocycles. The molecule has 0 aliphatic heterocycles. The van der Waals surface area contributed by atoms with E-state index in [0.717, 1.165) is 12.0 Å². The zero-order chi connectivity index (χ0) is 15.3. The van der Waals surface area contributed by atoms with Crippen LogP contribution >= 0.6 is 0 Å². The molecule has 0 spiro atoms. The Hall–Kier alpha value is -2.01. The van der Waals surface area contributed by atoms with E-state index in [-0.39, 0.29) is 4.90 Å². The number of ether oxygens (including phenoxy) is 1. The molecule has 0 aromatic heterocycles. The minimum Gasteiger partial charge on any atom is -0.491 e. The van der Waals surface area contributed by atoms with Gasteiger partial charge in [-0.2, -0.15) is 0 Å². The van der Waals surface area contributed by atoms with Crippen LogP contribution in [0.2, 0.25) is 0 Å². The van der Waals surface area contributed by atoms with Gasteiger partial charge in [-0.3, -0.25) is 4.72 Å². The first-order valence-corrected chi connectivity index (χ1v) is 8.32. The summed E-state index contributed by atoms with van der Waals surface area (Å²) in [6.07, 6.45) is 0.860. The minimum absolute atomic E-state index is 0.235. The fourth-order valence-corrected chi connectivity index (χ4v) is 2.88. The molecule has 0 atom stereocenters. The van der Waals surface area contributed by atoms with Crippen LogP contribution in [0.25, 0.3) is 0 Å². The third-order valence-electron chi connectivity index (χ3n) is 2.92. The average molecular weight is 305 g/mol. The van der Waals surface area contributed by atoms with Gasteiger partial charge in [-0.25, -0.2) is 8.42 Å². The van der Waals surface area contributed by atoms with Crippen LogP contribution in [0.1, 0.15) is 18.9 Å². The van der Waals surface area contributed by atoms with Crippen LogP contribution in [0.15, 0.2) is 53.4 Å². The van der Waals surface area contributed by atoms with Crippen LogP contribution in [0.5, 0.6) is 5.75 Å². The number of anilines is 1. The van der Waals surface area contributed by atoms with Gasteiger partial charge in [-0.15, -0.1) is 0 Å². The lowest BCUT2D eigenvalue weighted by molar-refractivity contribution is 0.319. The summed E-state index contributed by atoms with van der Waals surface area (Å²) in [4.78, 5) is 0.235. The van der Waals surface area contributed by atoms with E-state index in [1.807, 2.05) is 19.9 Å². The SMILES string of the molecule is CCCOc1ccccc1NS(=O)(=O)c1ccc(C)cc1. The highest BCUT2D eigenvalue weighted by molar-refractivity contribution is 7.92. The van der Waals surface area contributed by atoms with Crippen LogP contribution in [0.3, 0.4) is 0 Å². The van der Waals surface area contributed by atoms with Crippen LogP contribution in [-0.2, 0) is 10.0 Å². The predicted molar refractivity (Wildman–Crippen MR) is 84.2 cm³/mol. The first-order chi connectivity index (χ1) is 10.0. The van der Waals surface area contributed by atoms with Crippen LogP contribution < -0.4 is 9.46 Å². The largest absolute Gasteiger partial charge is 0.491 e. The summed E-state index contributed by atoms with van der Waals surface area (Å²) < 4.78 is 32.9. The van der Waals surface area contributed by atoms with E-state index in [2.05, 4.69) is 4.72 Å². The summed E-state index contributed by atoms with van der Waals surface area (Å²) in [7, 11) is -3.61. The number of nitrogens with one attached hydrogen (secondary N) is 1. The molecular weight excluding hydrogens is 286 g/mol. The maximum atomic E-state index is 12.4. The molecule has 0 radical (unpaired) electrons. The van der Waals surface area contributed by atoms with Crippen molar-refractivity contribution in [2.75, 3.05) is 11.3 Å². The van der Waals surface area contributed by atoms with E-state index >= 15 is 0 Å². The van der Waals surface area contributed by atoms with Crippen LogP contribution in [0, 0.1) is 6.92 Å². The first kappa shape index (κ1) is 15.4. The van der Waals surface area contributed by atoms with Gasteiger partial charge in [0.15, 0.2) is 0 Å². The predicted octanol–water partition coefficient (Wildman–Crippen LogP) is 3.58. The van der Waals surface area contributed by atoms with Crippen molar-refractivity contribution in [1.82, 2.24) is 0 Å². The van der Waals surface area contributed by atoms with E-state index in [1.165, 1.54) is 0 Å². The molecule has 1 N–H and O–H groups in total. The number of aryl methyl sites for hydroxylation is 1. The van der Waals surface area contributed by atoms with Gasteiger partial charge in [-0.1, -0.05) is 36.8 Å². The Morgan fingerprint density at radius 3 is 2.38 bits per heavy atom. The van der Waals surface area contributed by atoms with Crippen molar-refractivity contribution in [1.29, 1.82) is 0 Å². The van der Waals surface area contributed by atoms with E-state index in [4.69, 9.17) is 4.74 Å². The summed E-state index contributed by atoms with van der Waals surface area (Å²) in [5.74, 6) is 0.537. The highest BCUT2D eigenvalue weighted by Crippen LogP contribution is 2.26. The zero-order valence-electron chi connectivity index (χ0n) is 12.2. The van der Waals surface area contributed by atoms with Crippen molar-refractivity contribution in [2.45, 2.75) is 25.2 Å². The van der Waals surface area contributed by atoms with Gasteiger partial charge < -0.3 is 4.74 Å². The number of para-hydroxylation sites is 2. The van der Waals surface area contributed by atoms with Crippen molar-refractivity contribution in [3.63, 3.8) is 0 Å². The molecule has 4 nitrogen and oxygen atoms in total. The summed E-state index contributed by atoms with van der Waals surface area (Å²) in [5.41, 5.74) is 1.46. The second-order valence-corrected chi connectivity index (χ2v) is 6.45. The van der Waals surface area contributed by atoms with Crippen molar-refractivity contribution < 1.29 is 13.2 Å². The van der Waals surface area contributed by atoms with Gasteiger partial charge >= 0.3 is 0 Å². The number of benzene rings is 2. The molecule has 0 amide bonds. The molecule has 0 aliphatic rings. The van der Waals surface area contributed by atoms with E-state index in [0.29, 0.717) is 18.0 Å². The maximum Gasteiger partial charge on any atom is 0.262 e. The first-order valence-electron chi connectivity index (χ1n) is 6.84. The van der Waals surface area contributed by atoms with Crippen molar-refractivity contribution in [3.05, 3.63) is 54.1 Å². The fraction of sp³-hybridized carbons (Fsp3) is 0.250. The number of sulfonamides is 1. The third kappa shape index (κ3) is 3.98. The molecular formula is C16H19NO3S. The zero-order valence-corrected chi connectivity index (χ0v) is 13.0. The number of rotatable bonds is 6. The van der Waals surface area contributed by atoms with Crippen LogP contribution in [-0.4, -0.2) is 15.0 Å². The molecule has 21 heavy (non-hydrogen) atoms. The molecule has 0 unspecified atom stereocenters. The smallest absolute Gasteiger partial charge is 0.262 e. The Kier molecular flexibility index (Phi) is 4.85. The van der Waals surface area contributed by atoms with Crippen molar-refractivity contribution in [3.8, 4) is 5.75 Å². The fourth-order valence-electron chi connectivity index (χ4n) is 1.81. The molecule has 0 fully saturated rings. The lowest BCUT2D eigenvalue weighted by atomic mass is 10.2. The van der Waals surface area contributed by atoms with Crippen LogP contribution in [0.4, 0.5) is 5.69 Å². The van der Waals surface area contributed by atoms with Gasteiger partial charge in [0.05, 0.1) is 17.2 Å². The Morgan fingerprint density at radius 2 is 1.71 bits per heavy atom. The molecule has 112 valence electrons. The number of hydrogen-bond acceptors (Lipinski definition) is 3. The molecule has 2 rings (SSSR count). The second-order valence-electron chi connectivity index (χ2n) is 4.76. The molecule has 2 aromatic rings. The van der Waals surface area contributed by atoms with E-state index in [9.17, 15) is 8.42 Å². The van der Waals surface area contributed by atoms with Gasteiger partial charge in [-0.05, 0) is 37.6 Å². The Morgan fingerprint density at radius 1 is 1.05 bits per heavy atom. The molecule has 0 bridgehead atoms. The molecule has 0 saturated carbocycles. The summed E-state index contributed by atoms with van der Waals surface area (Å²) >= 11 is 0. The maximum absolute atomic E-state index is 12.4. The van der Waals surface area contributed by atoms with Gasteiger partial charge in [0.2, 0.25) is 0 Å². The number of hydrogen-bond donors (Lipinski definition) is 1. The highest BCUT2D eigenvalue weighted by Gasteiger charge is 2.16. The topological polar surface area (TPSA) is 55.4 Å². The highest BCUT2D eigenvalue weighted by atomic mass is 32.2. The van der Waals surface area contributed by atoms with Crippen molar-refractivity contribution >= 4 is 15.7 Å². The second kappa shape index (κ2) is 6.63. The summed E-state index contributed by atoms with van der Waals surface area (Å²) in [6.45, 7) is 4.46. The Labute approximate surface area is 125 Å². The molecule has 0 heterocycles. The monoisotopic (exact) mass is 305 g/mol. The van der Waals surface area contributed by atoms with Gasteiger partial charge in [0.25, 0.3) is 10.0 Å². The Balaban J connectivity index is 2.26. The molecule has 5 heteroatoms. The third-order valence-corrected chi connectivity index (χ3v) is 4.31. The van der Waals surface area contributed by atoms with Gasteiger partial charge in [0, 0.05) is 0 Å². The lowest BCUT2D eigenvalue weighted by Gasteiger charge is -2.13. The normalized spacial score (nSPS) is 11.1. The van der Waals surface area contributed by atoms with Crippen molar-refractivity contribution in [2.24, 2.45) is 0 Å². The summed E-state index contributed by atoms with van der Waals surface area (Å²) in [6, 6.07) is 13.8. The lowest BCUT2D eigenvalue weighted by Crippen LogP contribution is -2.14. The van der Waals surface area contributed by atoms with E-state index in [1.54, 1.807) is 42.5 Å². The Bertz CT molecular complexity index is 694. The molecule has 2 aromatic carbocycles.